The molecule has 2 aromatic carbocycles. The lowest BCUT2D eigenvalue weighted by atomic mass is 9.95. The molecule has 7 heteroatoms. The van der Waals surface area contributed by atoms with E-state index in [1.54, 1.807) is 0 Å². The Kier molecular flexibility index (Phi) is 5.84. The molecule has 1 unspecified atom stereocenters. The van der Waals surface area contributed by atoms with Gasteiger partial charge in [0.25, 0.3) is 5.91 Å². The molecule has 2 aromatic rings. The molecule has 1 amide bonds. The molecule has 1 aliphatic rings. The third-order valence-electron chi connectivity index (χ3n) is 4.78. The lowest BCUT2D eigenvalue weighted by Crippen LogP contribution is -2.39. The van der Waals surface area contributed by atoms with Gasteiger partial charge in [-0.15, -0.1) is 0 Å². The number of benzene rings is 2. The summed E-state index contributed by atoms with van der Waals surface area (Å²) in [7, 11) is 3.94. The number of nitrogens with one attached hydrogen (secondary N) is 3. The monoisotopic (exact) mass is 388 g/mol. The first-order chi connectivity index (χ1) is 13.9. The molecule has 1 atom stereocenters. The summed E-state index contributed by atoms with van der Waals surface area (Å²) in [6.07, 6.45) is 1.87. The minimum atomic E-state index is -0.535. The zero-order valence-electron chi connectivity index (χ0n) is 16.9. The maximum absolute atomic E-state index is 13.2. The van der Waals surface area contributed by atoms with Crippen LogP contribution in [0.25, 0.3) is 0 Å². The lowest BCUT2D eigenvalue weighted by molar-refractivity contribution is -0.113. The molecule has 3 N–H and O–H groups in total. The number of aliphatic imine (C=N–C) groups is 1. The van der Waals surface area contributed by atoms with Gasteiger partial charge in [-0.05, 0) is 43.2 Å². The van der Waals surface area contributed by atoms with Crippen LogP contribution in [-0.4, -0.2) is 26.0 Å². The Morgan fingerprint density at radius 2 is 1.83 bits per heavy atom. The van der Waals surface area contributed by atoms with Gasteiger partial charge in [-0.3, -0.25) is 10.1 Å². The van der Waals surface area contributed by atoms with E-state index in [2.05, 4.69) is 20.9 Å². The van der Waals surface area contributed by atoms with Gasteiger partial charge >= 0.3 is 0 Å². The van der Waals surface area contributed by atoms with E-state index in [0.29, 0.717) is 17.2 Å². The quantitative estimate of drug-likeness (QED) is 0.553. The second kappa shape index (κ2) is 8.48. The second-order valence-electron chi connectivity index (χ2n) is 7.04. The summed E-state index contributed by atoms with van der Waals surface area (Å²) in [6, 6.07) is 15.0. The summed E-state index contributed by atoms with van der Waals surface area (Å²) < 4.78 is 0. The third kappa shape index (κ3) is 4.38. The fourth-order valence-electron chi connectivity index (χ4n) is 3.19. The molecule has 0 fully saturated rings. The predicted octanol–water partition coefficient (Wildman–Crippen LogP) is 3.04. The average Bonchev–Trinajstić information content (AvgIpc) is 2.69. The van der Waals surface area contributed by atoms with Crippen molar-refractivity contribution in [2.75, 3.05) is 24.3 Å². The van der Waals surface area contributed by atoms with Crippen LogP contribution in [0.15, 0.2) is 64.8 Å². The van der Waals surface area contributed by atoms with Crippen molar-refractivity contribution in [2.24, 2.45) is 4.99 Å². The number of nitrogens with zero attached hydrogens (tertiary/aromatic N) is 3. The molecule has 7 nitrogen and oxygen atoms in total. The fraction of sp³-hybridized carbons (Fsp3) is 0.227. The highest BCUT2D eigenvalue weighted by Gasteiger charge is 2.29. The van der Waals surface area contributed by atoms with Gasteiger partial charge < -0.3 is 15.5 Å². The number of hydrogen-bond acceptors (Lipinski definition) is 6. The smallest absolute Gasteiger partial charge is 0.255 e. The highest BCUT2D eigenvalue weighted by Crippen LogP contribution is 2.32. The highest BCUT2D eigenvalue weighted by atomic mass is 16.1. The number of allylic oxidation sites excluding steroid dienone is 1. The maximum atomic E-state index is 13.2. The number of amides is 1. The Morgan fingerprint density at radius 1 is 1.14 bits per heavy atom. The van der Waals surface area contributed by atoms with Crippen LogP contribution in [-0.2, 0) is 4.79 Å². The van der Waals surface area contributed by atoms with Crippen LogP contribution in [0.1, 0.15) is 24.1 Å². The molecule has 1 heterocycles. The number of rotatable bonds is 4. The zero-order valence-corrected chi connectivity index (χ0v) is 16.9. The van der Waals surface area contributed by atoms with E-state index < -0.39 is 6.04 Å². The molecule has 0 aromatic heterocycles. The van der Waals surface area contributed by atoms with Crippen molar-refractivity contribution in [1.29, 1.82) is 5.26 Å². The summed E-state index contributed by atoms with van der Waals surface area (Å²) >= 11 is 0. The second-order valence-corrected chi connectivity index (χ2v) is 7.04. The number of carbonyl (C=O) groups excluding carboxylic acids is 1. The van der Waals surface area contributed by atoms with Crippen LogP contribution in [0, 0.1) is 18.4 Å². The van der Waals surface area contributed by atoms with Crippen LogP contribution in [0.4, 0.5) is 11.4 Å². The minimum Gasteiger partial charge on any atom is -0.378 e. The maximum Gasteiger partial charge on any atom is 0.255 e. The molecule has 0 aliphatic carbocycles. The Balaban J connectivity index is 1.98. The Labute approximate surface area is 170 Å². The van der Waals surface area contributed by atoms with Gasteiger partial charge in [0.15, 0.2) is 6.19 Å². The molecule has 3 rings (SSSR count). The minimum absolute atomic E-state index is 0.231. The van der Waals surface area contributed by atoms with E-state index in [1.807, 2.05) is 87.6 Å². The first kappa shape index (κ1) is 20.0. The number of nitriles is 1. The van der Waals surface area contributed by atoms with Gasteiger partial charge in [-0.2, -0.15) is 5.26 Å². The zero-order chi connectivity index (χ0) is 21.0. The number of guanidine groups is 1. The normalized spacial score (nSPS) is 15.7. The number of aryl methyl sites for hydroxylation is 1. The first-order valence-electron chi connectivity index (χ1n) is 9.25. The number of hydrogen-bond donors (Lipinski definition) is 3. The Bertz CT molecular complexity index is 1010. The van der Waals surface area contributed by atoms with Gasteiger partial charge in [0.2, 0.25) is 5.96 Å². The summed E-state index contributed by atoms with van der Waals surface area (Å²) in [5, 5.41) is 17.5. The van der Waals surface area contributed by atoms with E-state index in [9.17, 15) is 4.79 Å². The van der Waals surface area contributed by atoms with Crippen LogP contribution in [0.2, 0.25) is 0 Å². The van der Waals surface area contributed by atoms with E-state index in [1.165, 1.54) is 0 Å². The first-order valence-corrected chi connectivity index (χ1v) is 9.25. The van der Waals surface area contributed by atoms with Crippen LogP contribution >= 0.6 is 0 Å². The third-order valence-corrected chi connectivity index (χ3v) is 4.78. The summed E-state index contributed by atoms with van der Waals surface area (Å²) in [5.74, 6) is 0.0878. The lowest BCUT2D eigenvalue weighted by Gasteiger charge is -2.26. The van der Waals surface area contributed by atoms with Crippen LogP contribution in [0.3, 0.4) is 0 Å². The van der Waals surface area contributed by atoms with Crippen LogP contribution < -0.4 is 20.9 Å². The fourth-order valence-corrected chi connectivity index (χ4v) is 3.19. The van der Waals surface area contributed by atoms with E-state index in [4.69, 9.17) is 5.26 Å². The van der Waals surface area contributed by atoms with Crippen molar-refractivity contribution in [3.63, 3.8) is 0 Å². The van der Waals surface area contributed by atoms with Gasteiger partial charge in [0.05, 0.1) is 5.57 Å². The molecule has 1 aliphatic heterocycles. The van der Waals surface area contributed by atoms with E-state index in [0.717, 1.165) is 22.5 Å². The molecular weight excluding hydrogens is 364 g/mol. The van der Waals surface area contributed by atoms with Gasteiger partial charge in [0.1, 0.15) is 6.04 Å². The largest absolute Gasteiger partial charge is 0.378 e. The number of para-hydroxylation sites is 1. The van der Waals surface area contributed by atoms with Crippen molar-refractivity contribution in [3.8, 4) is 6.19 Å². The molecule has 0 spiro atoms. The standard InChI is InChI=1S/C22H24N6O/c1-14-7-5-6-8-18(14)26-21(29)19-15(2)25-22(24-13-23)27-20(19)16-9-11-17(12-10-16)28(3)4/h5-12,20H,1-4H3,(H,26,29)(H2,24,25,27). The van der Waals surface area contributed by atoms with Crippen molar-refractivity contribution < 1.29 is 4.79 Å². The Morgan fingerprint density at radius 3 is 2.45 bits per heavy atom. The van der Waals surface area contributed by atoms with Gasteiger partial charge in [-0.25, -0.2) is 4.99 Å². The molecule has 0 radical (unpaired) electrons. The summed E-state index contributed by atoms with van der Waals surface area (Å²) in [6.45, 7) is 3.75. The topological polar surface area (TPSA) is 92.6 Å². The van der Waals surface area contributed by atoms with E-state index in [-0.39, 0.29) is 5.91 Å². The van der Waals surface area contributed by atoms with Crippen LogP contribution in [0.5, 0.6) is 0 Å². The van der Waals surface area contributed by atoms with Gasteiger partial charge in [-0.1, -0.05) is 30.3 Å². The summed E-state index contributed by atoms with van der Waals surface area (Å²) in [4.78, 5) is 19.8. The van der Waals surface area contributed by atoms with Crippen molar-refractivity contribution in [1.82, 2.24) is 10.6 Å². The molecule has 0 saturated carbocycles. The SMILES string of the molecule is CC1=C(C(=O)Nc2ccccc2C)C(c2ccc(N(C)C)cc2)N=C(NC#N)N1. The molecule has 148 valence electrons. The number of carbonyl (C=O) groups is 1. The number of anilines is 2. The molecular formula is C22H24N6O. The van der Waals surface area contributed by atoms with Crippen molar-refractivity contribution >= 4 is 23.2 Å². The predicted molar refractivity (Wildman–Crippen MR) is 115 cm³/mol. The highest BCUT2D eigenvalue weighted by molar-refractivity contribution is 6.07. The van der Waals surface area contributed by atoms with E-state index >= 15 is 0 Å². The Hall–Kier alpha value is -3.79. The molecule has 29 heavy (non-hydrogen) atoms. The summed E-state index contributed by atoms with van der Waals surface area (Å²) in [5.41, 5.74) is 4.80. The molecule has 0 bridgehead atoms. The molecule has 0 saturated heterocycles. The van der Waals surface area contributed by atoms with Crippen molar-refractivity contribution in [2.45, 2.75) is 19.9 Å². The van der Waals surface area contributed by atoms with Crippen molar-refractivity contribution in [3.05, 3.63) is 70.9 Å². The average molecular weight is 388 g/mol. The van der Waals surface area contributed by atoms with Gasteiger partial charge in [0, 0.05) is 31.2 Å².